The van der Waals surface area contributed by atoms with Crippen LogP contribution in [0, 0.1) is 0 Å². The van der Waals surface area contributed by atoms with Gasteiger partial charge in [0.15, 0.2) is 23.1 Å². The van der Waals surface area contributed by atoms with Crippen molar-refractivity contribution in [3.63, 3.8) is 0 Å². The van der Waals surface area contributed by atoms with Crippen LogP contribution in [0.5, 0.6) is 17.2 Å². The van der Waals surface area contributed by atoms with Crippen molar-refractivity contribution in [3.05, 3.63) is 198 Å². The third kappa shape index (κ3) is 9.83. The maximum Gasteiger partial charge on any atom is 0.252 e. The monoisotopic (exact) mass is 772 g/mol. The molecule has 1 heterocycles. The van der Waals surface area contributed by atoms with Crippen molar-refractivity contribution in [1.29, 1.82) is 0 Å². The van der Waals surface area contributed by atoms with Crippen molar-refractivity contribution in [1.82, 2.24) is 5.32 Å². The number of aliphatic hydroxyl groups is 1. The van der Waals surface area contributed by atoms with Crippen LogP contribution in [-0.2, 0) is 29.2 Å². The molecule has 2 atom stereocenters. The van der Waals surface area contributed by atoms with Crippen LogP contribution in [0.2, 0.25) is 0 Å². The van der Waals surface area contributed by atoms with Gasteiger partial charge >= 0.3 is 0 Å². The summed E-state index contributed by atoms with van der Waals surface area (Å²) in [6.07, 6.45) is 2.34. The van der Waals surface area contributed by atoms with Crippen molar-refractivity contribution in [2.75, 3.05) is 19.8 Å². The summed E-state index contributed by atoms with van der Waals surface area (Å²) in [6.45, 7) is 5.65. The number of aliphatic imine (C=N–C) groups is 1. The Hall–Kier alpha value is -6.64. The first-order chi connectivity index (χ1) is 28.5. The molecule has 0 aliphatic carbocycles. The van der Waals surface area contributed by atoms with E-state index in [0.717, 1.165) is 38.9 Å². The van der Waals surface area contributed by atoms with E-state index in [1.165, 1.54) is 0 Å². The molecule has 0 bridgehead atoms. The molecule has 0 spiro atoms. The maximum atomic E-state index is 14.6. The van der Waals surface area contributed by atoms with Gasteiger partial charge in [0, 0.05) is 31.6 Å². The van der Waals surface area contributed by atoms with E-state index in [2.05, 4.69) is 24.0 Å². The summed E-state index contributed by atoms with van der Waals surface area (Å²) in [6, 6.07) is 51.6. The standard InChI is InChI=1S/C50H48N2O6/c1-2-30-50(49(54)51-31-29-37-19-28-45(56-35-38-13-6-3-7-14-38)46(34-37)57-36-39-15-8-4-9-16-39)47(42-22-20-41(21-23-42)40-17-10-5-11-18-40)58-48(52-50)43-24-26-44(27-25-43)55-33-12-32-53/h2-11,13-28,34,47,53H,1,12,29-33,35-36H2,(H,51,54)/t47-,50-/m1/s1. The Kier molecular flexibility index (Phi) is 13.3. The quantitative estimate of drug-likeness (QED) is 0.0629. The lowest BCUT2D eigenvalue weighted by molar-refractivity contribution is -0.128. The van der Waals surface area contributed by atoms with Crippen molar-refractivity contribution < 1.29 is 28.8 Å². The lowest BCUT2D eigenvalue weighted by Gasteiger charge is -2.30. The molecule has 0 aromatic heterocycles. The predicted molar refractivity (Wildman–Crippen MR) is 228 cm³/mol. The van der Waals surface area contributed by atoms with Crippen molar-refractivity contribution in [2.24, 2.45) is 4.99 Å². The van der Waals surface area contributed by atoms with E-state index >= 15 is 0 Å². The Morgan fingerprint density at radius 2 is 1.31 bits per heavy atom. The van der Waals surface area contributed by atoms with Gasteiger partial charge in [-0.25, -0.2) is 4.99 Å². The first-order valence-corrected chi connectivity index (χ1v) is 19.7. The number of hydrogen-bond donors (Lipinski definition) is 2. The second kappa shape index (κ2) is 19.5. The summed E-state index contributed by atoms with van der Waals surface area (Å²) in [7, 11) is 0. The van der Waals surface area contributed by atoms with Crippen LogP contribution in [0.1, 0.15) is 46.8 Å². The number of ether oxygens (including phenoxy) is 4. The minimum atomic E-state index is -1.32. The van der Waals surface area contributed by atoms with Crippen molar-refractivity contribution in [3.8, 4) is 28.4 Å². The molecule has 1 amide bonds. The molecular weight excluding hydrogens is 725 g/mol. The number of amides is 1. The van der Waals surface area contributed by atoms with Gasteiger partial charge in [0.25, 0.3) is 5.91 Å². The molecule has 6 aromatic rings. The molecule has 0 unspecified atom stereocenters. The second-order valence-corrected chi connectivity index (χ2v) is 14.1. The predicted octanol–water partition coefficient (Wildman–Crippen LogP) is 9.46. The zero-order chi connectivity index (χ0) is 40.0. The molecule has 0 saturated heterocycles. The smallest absolute Gasteiger partial charge is 0.252 e. The zero-order valence-electron chi connectivity index (χ0n) is 32.5. The van der Waals surface area contributed by atoms with Gasteiger partial charge in [0.2, 0.25) is 5.90 Å². The number of nitrogens with zero attached hydrogens (tertiary/aromatic N) is 1. The van der Waals surface area contributed by atoms with Gasteiger partial charge in [0.1, 0.15) is 19.0 Å². The average molecular weight is 773 g/mol. The highest BCUT2D eigenvalue weighted by molar-refractivity contribution is 6.01. The Labute approximate surface area is 340 Å². The first-order valence-electron chi connectivity index (χ1n) is 19.7. The molecule has 2 N–H and O–H groups in total. The van der Waals surface area contributed by atoms with Crippen LogP contribution in [0.25, 0.3) is 11.1 Å². The minimum Gasteiger partial charge on any atom is -0.494 e. The van der Waals surface area contributed by atoms with Crippen LogP contribution < -0.4 is 19.5 Å². The normalized spacial score (nSPS) is 15.8. The third-order valence-corrected chi connectivity index (χ3v) is 9.99. The molecule has 0 radical (unpaired) electrons. The van der Waals surface area contributed by atoms with Gasteiger partial charge in [-0.1, -0.05) is 127 Å². The highest BCUT2D eigenvalue weighted by atomic mass is 16.5. The van der Waals surface area contributed by atoms with Crippen LogP contribution in [0.4, 0.5) is 0 Å². The molecule has 6 aromatic carbocycles. The third-order valence-electron chi connectivity index (χ3n) is 9.99. The number of aliphatic hydroxyl groups excluding tert-OH is 1. The maximum absolute atomic E-state index is 14.6. The number of carbonyl (C=O) groups is 1. The fraction of sp³-hybridized carbons (Fsp3) is 0.200. The Morgan fingerprint density at radius 1 is 0.707 bits per heavy atom. The number of nitrogens with one attached hydrogen (secondary N) is 1. The topological polar surface area (TPSA) is 98.6 Å². The van der Waals surface area contributed by atoms with Crippen LogP contribution in [-0.4, -0.2) is 42.2 Å². The van der Waals surface area contributed by atoms with Crippen LogP contribution in [0.3, 0.4) is 0 Å². The zero-order valence-corrected chi connectivity index (χ0v) is 32.5. The molecule has 1 aliphatic rings. The summed E-state index contributed by atoms with van der Waals surface area (Å²) < 4.78 is 24.9. The number of benzene rings is 6. The first kappa shape index (κ1) is 39.6. The highest BCUT2D eigenvalue weighted by Crippen LogP contribution is 2.43. The highest BCUT2D eigenvalue weighted by Gasteiger charge is 2.52. The average Bonchev–Trinajstić information content (AvgIpc) is 3.67. The van der Waals surface area contributed by atoms with Crippen LogP contribution in [0.15, 0.2) is 175 Å². The van der Waals surface area contributed by atoms with Crippen LogP contribution >= 0.6 is 0 Å². The number of rotatable bonds is 19. The van der Waals surface area contributed by atoms with E-state index < -0.39 is 11.6 Å². The van der Waals surface area contributed by atoms with E-state index in [1.54, 1.807) is 6.08 Å². The molecule has 8 nitrogen and oxygen atoms in total. The van der Waals surface area contributed by atoms with Crippen molar-refractivity contribution >= 4 is 11.8 Å². The lowest BCUT2D eigenvalue weighted by Crippen LogP contribution is -2.48. The molecule has 7 rings (SSSR count). The van der Waals surface area contributed by atoms with Gasteiger partial charge in [-0.3, -0.25) is 4.79 Å². The van der Waals surface area contributed by atoms with Gasteiger partial charge in [-0.05, 0) is 76.2 Å². The van der Waals surface area contributed by atoms with Gasteiger partial charge in [-0.15, -0.1) is 6.58 Å². The van der Waals surface area contributed by atoms with Gasteiger partial charge in [-0.2, -0.15) is 0 Å². The summed E-state index contributed by atoms with van der Waals surface area (Å²) in [5.41, 5.74) is 5.47. The minimum absolute atomic E-state index is 0.0601. The van der Waals surface area contributed by atoms with Gasteiger partial charge < -0.3 is 29.4 Å². The number of hydrogen-bond acceptors (Lipinski definition) is 7. The summed E-state index contributed by atoms with van der Waals surface area (Å²) >= 11 is 0. The molecular formula is C50H48N2O6. The fourth-order valence-corrected chi connectivity index (χ4v) is 6.90. The Balaban J connectivity index is 1.11. The molecule has 0 fully saturated rings. The summed E-state index contributed by atoms with van der Waals surface area (Å²) in [4.78, 5) is 19.6. The second-order valence-electron chi connectivity index (χ2n) is 14.1. The Bertz CT molecular complexity index is 2260. The summed E-state index contributed by atoms with van der Waals surface area (Å²) in [5, 5.41) is 12.3. The fourth-order valence-electron chi connectivity index (χ4n) is 6.90. The molecule has 0 saturated carbocycles. The van der Waals surface area contributed by atoms with E-state index in [1.807, 2.05) is 146 Å². The summed E-state index contributed by atoms with van der Waals surface area (Å²) in [5.74, 6) is 2.06. The number of carbonyl (C=O) groups excluding carboxylic acids is 1. The largest absolute Gasteiger partial charge is 0.494 e. The Morgan fingerprint density at radius 3 is 1.95 bits per heavy atom. The van der Waals surface area contributed by atoms with E-state index in [4.69, 9.17) is 29.0 Å². The van der Waals surface area contributed by atoms with E-state index in [9.17, 15) is 4.79 Å². The molecule has 1 aliphatic heterocycles. The van der Waals surface area contributed by atoms with E-state index in [-0.39, 0.29) is 18.9 Å². The molecule has 8 heteroatoms. The van der Waals surface area contributed by atoms with Gasteiger partial charge in [0.05, 0.1) is 6.61 Å². The lowest BCUT2D eigenvalue weighted by atomic mass is 9.84. The SMILES string of the molecule is C=CC[C@@]1(C(=O)NCCc2ccc(OCc3ccccc3)c(OCc3ccccc3)c2)N=C(c2ccc(OCCCO)cc2)O[C@@H]1c1ccc(-c2ccccc2)cc1. The molecule has 294 valence electrons. The van der Waals surface area contributed by atoms with E-state index in [0.29, 0.717) is 62.4 Å². The van der Waals surface area contributed by atoms with Crippen molar-refractivity contribution in [2.45, 2.75) is 44.1 Å². The molecule has 58 heavy (non-hydrogen) atoms.